The highest BCUT2D eigenvalue weighted by Gasteiger charge is 2.15. The summed E-state index contributed by atoms with van der Waals surface area (Å²) in [6.07, 6.45) is 0. The van der Waals surface area contributed by atoms with Crippen molar-refractivity contribution in [1.29, 1.82) is 0 Å². The van der Waals surface area contributed by atoms with Gasteiger partial charge in [-0.2, -0.15) is 0 Å². The van der Waals surface area contributed by atoms with Crippen LogP contribution in [0, 0.1) is 0 Å². The summed E-state index contributed by atoms with van der Waals surface area (Å²) in [5.41, 5.74) is 13.1. The van der Waals surface area contributed by atoms with Gasteiger partial charge in [0.15, 0.2) is 0 Å². The van der Waals surface area contributed by atoms with Crippen LogP contribution in [-0.2, 0) is 0 Å². The van der Waals surface area contributed by atoms with E-state index in [9.17, 15) is 0 Å². The number of rotatable bonds is 7. The number of hydrogen-bond acceptors (Lipinski definition) is 2. The Bertz CT molecular complexity index is 2450. The first-order valence-electron chi connectivity index (χ1n) is 17.0. The second kappa shape index (κ2) is 13.0. The van der Waals surface area contributed by atoms with Crippen molar-refractivity contribution in [3.63, 3.8) is 0 Å². The van der Waals surface area contributed by atoms with Gasteiger partial charge >= 0.3 is 0 Å². The Kier molecular flexibility index (Phi) is 7.77. The van der Waals surface area contributed by atoms with Gasteiger partial charge in [-0.25, -0.2) is 0 Å². The fourth-order valence-electron chi connectivity index (χ4n) is 6.93. The molecule has 1 heterocycles. The van der Waals surface area contributed by atoms with Crippen molar-refractivity contribution in [3.8, 4) is 44.5 Å². The van der Waals surface area contributed by atoms with Crippen LogP contribution in [-0.4, -0.2) is 0 Å². The number of hydrogen-bond donors (Lipinski definition) is 0. The minimum atomic E-state index is 1.11. The van der Waals surface area contributed by atoms with Crippen molar-refractivity contribution >= 4 is 48.6 Å². The molecule has 0 aliphatic heterocycles. The lowest BCUT2D eigenvalue weighted by molar-refractivity contribution is 1.28. The molecule has 0 saturated carbocycles. The van der Waals surface area contributed by atoms with Crippen molar-refractivity contribution in [2.24, 2.45) is 0 Å². The summed E-state index contributed by atoms with van der Waals surface area (Å²) >= 11 is 1.88. The summed E-state index contributed by atoms with van der Waals surface area (Å²) in [5, 5.41) is 2.66. The first-order chi connectivity index (χ1) is 24.8. The summed E-state index contributed by atoms with van der Waals surface area (Å²) in [5.74, 6) is 0. The molecular formula is C48H33NS. The molecule has 2 heteroatoms. The number of thiophene rings is 1. The SMILES string of the molecule is c1ccc(-c2ccc(N(c3ccc(-c4ccccc4)cc3)c3ccc(-c4ccc(-c5cccc6c5sc5ccccc56)cc4)cc3)cc2)cc1. The fraction of sp³-hybridized carbons (Fsp3) is 0. The number of benzene rings is 8. The molecule has 9 rings (SSSR count). The maximum absolute atomic E-state index is 2.34. The molecule has 0 N–H and O–H groups in total. The second-order valence-electron chi connectivity index (χ2n) is 12.6. The van der Waals surface area contributed by atoms with E-state index in [0.717, 1.165) is 17.1 Å². The first kappa shape index (κ1) is 29.9. The Balaban J connectivity index is 1.04. The second-order valence-corrected chi connectivity index (χ2v) is 13.6. The lowest BCUT2D eigenvalue weighted by Crippen LogP contribution is -2.09. The molecule has 50 heavy (non-hydrogen) atoms. The highest BCUT2D eigenvalue weighted by Crippen LogP contribution is 2.41. The minimum Gasteiger partial charge on any atom is -0.311 e. The molecule has 0 amide bonds. The van der Waals surface area contributed by atoms with Crippen LogP contribution >= 0.6 is 11.3 Å². The maximum Gasteiger partial charge on any atom is 0.0462 e. The van der Waals surface area contributed by atoms with E-state index in [2.05, 4.69) is 205 Å². The third-order valence-electron chi connectivity index (χ3n) is 9.52. The van der Waals surface area contributed by atoms with Gasteiger partial charge in [0.05, 0.1) is 0 Å². The minimum absolute atomic E-state index is 1.11. The number of anilines is 3. The maximum atomic E-state index is 2.34. The van der Waals surface area contributed by atoms with Gasteiger partial charge in [0.2, 0.25) is 0 Å². The molecule has 0 aliphatic carbocycles. The Labute approximate surface area is 297 Å². The van der Waals surface area contributed by atoms with Crippen molar-refractivity contribution in [1.82, 2.24) is 0 Å². The van der Waals surface area contributed by atoms with Crippen molar-refractivity contribution in [2.75, 3.05) is 4.90 Å². The molecule has 0 atom stereocenters. The van der Waals surface area contributed by atoms with Gasteiger partial charge < -0.3 is 4.90 Å². The third-order valence-corrected chi connectivity index (χ3v) is 10.7. The van der Waals surface area contributed by atoms with E-state index in [1.165, 1.54) is 64.7 Å². The van der Waals surface area contributed by atoms with Crippen molar-refractivity contribution in [2.45, 2.75) is 0 Å². The Morgan fingerprint density at radius 1 is 0.280 bits per heavy atom. The Morgan fingerprint density at radius 3 is 1.16 bits per heavy atom. The van der Waals surface area contributed by atoms with E-state index < -0.39 is 0 Å². The number of fused-ring (bicyclic) bond motifs is 3. The lowest BCUT2D eigenvalue weighted by atomic mass is 9.98. The quantitative estimate of drug-likeness (QED) is 0.165. The van der Waals surface area contributed by atoms with E-state index in [4.69, 9.17) is 0 Å². The summed E-state index contributed by atoms with van der Waals surface area (Å²) in [6.45, 7) is 0. The molecule has 0 radical (unpaired) electrons. The van der Waals surface area contributed by atoms with Gasteiger partial charge in [-0.05, 0) is 87.0 Å². The van der Waals surface area contributed by atoms with Crippen LogP contribution < -0.4 is 4.90 Å². The Hall–Kier alpha value is -6.22. The molecule has 0 unspecified atom stereocenters. The number of nitrogens with zero attached hydrogens (tertiary/aromatic N) is 1. The van der Waals surface area contributed by atoms with E-state index in [1.54, 1.807) is 0 Å². The van der Waals surface area contributed by atoms with Crippen molar-refractivity contribution < 1.29 is 0 Å². The summed E-state index contributed by atoms with van der Waals surface area (Å²) in [6, 6.07) is 72.2. The highest BCUT2D eigenvalue weighted by atomic mass is 32.1. The molecule has 1 aromatic heterocycles. The summed E-state index contributed by atoms with van der Waals surface area (Å²) in [4.78, 5) is 2.34. The zero-order valence-electron chi connectivity index (χ0n) is 27.4. The van der Waals surface area contributed by atoms with Gasteiger partial charge in [-0.1, -0.05) is 158 Å². The average molecular weight is 656 g/mol. The van der Waals surface area contributed by atoms with E-state index in [1.807, 2.05) is 11.3 Å². The molecule has 8 aromatic carbocycles. The monoisotopic (exact) mass is 655 g/mol. The third kappa shape index (κ3) is 5.66. The summed E-state index contributed by atoms with van der Waals surface area (Å²) in [7, 11) is 0. The zero-order chi connectivity index (χ0) is 33.3. The molecule has 0 spiro atoms. The standard InChI is InChI=1S/C48H33NS/c1-3-10-34(11-4-1)37-22-28-41(29-23-37)49(42-30-24-38(25-31-42)35-12-5-2-6-13-35)43-32-26-39(27-33-43)36-18-20-40(21-19-36)44-15-9-16-46-45-14-7-8-17-47(45)50-48(44)46/h1-33H. The van der Waals surface area contributed by atoms with Crippen LogP contribution in [0.3, 0.4) is 0 Å². The van der Waals surface area contributed by atoms with Gasteiger partial charge in [0.25, 0.3) is 0 Å². The van der Waals surface area contributed by atoms with Crippen LogP contribution in [0.4, 0.5) is 17.1 Å². The predicted molar refractivity (Wildman–Crippen MR) is 216 cm³/mol. The van der Waals surface area contributed by atoms with Crippen molar-refractivity contribution in [3.05, 3.63) is 200 Å². The molecule has 0 bridgehead atoms. The molecular weight excluding hydrogens is 623 g/mol. The molecule has 0 aliphatic rings. The molecule has 0 fully saturated rings. The van der Waals surface area contributed by atoms with Crippen LogP contribution in [0.1, 0.15) is 0 Å². The first-order valence-corrected chi connectivity index (χ1v) is 17.8. The molecule has 0 saturated heterocycles. The van der Waals surface area contributed by atoms with Gasteiger partial charge in [0.1, 0.15) is 0 Å². The van der Waals surface area contributed by atoms with E-state index in [0.29, 0.717) is 0 Å². The molecule has 9 aromatic rings. The molecule has 236 valence electrons. The van der Waals surface area contributed by atoms with Crippen LogP contribution in [0.5, 0.6) is 0 Å². The van der Waals surface area contributed by atoms with Gasteiger partial charge in [-0.15, -0.1) is 11.3 Å². The van der Waals surface area contributed by atoms with Crippen LogP contribution in [0.15, 0.2) is 200 Å². The zero-order valence-corrected chi connectivity index (χ0v) is 28.2. The van der Waals surface area contributed by atoms with Crippen LogP contribution in [0.2, 0.25) is 0 Å². The highest BCUT2D eigenvalue weighted by molar-refractivity contribution is 7.26. The van der Waals surface area contributed by atoms with Crippen LogP contribution in [0.25, 0.3) is 64.7 Å². The van der Waals surface area contributed by atoms with E-state index >= 15 is 0 Å². The average Bonchev–Trinajstić information content (AvgIpc) is 3.59. The predicted octanol–water partition coefficient (Wildman–Crippen LogP) is 14.2. The topological polar surface area (TPSA) is 3.24 Å². The fourth-order valence-corrected chi connectivity index (χ4v) is 8.17. The summed E-state index contributed by atoms with van der Waals surface area (Å²) < 4.78 is 2.68. The van der Waals surface area contributed by atoms with Gasteiger partial charge in [-0.3, -0.25) is 0 Å². The lowest BCUT2D eigenvalue weighted by Gasteiger charge is -2.26. The Morgan fingerprint density at radius 2 is 0.660 bits per heavy atom. The van der Waals surface area contributed by atoms with E-state index in [-0.39, 0.29) is 0 Å². The molecule has 1 nitrogen and oxygen atoms in total. The largest absolute Gasteiger partial charge is 0.311 e. The van der Waals surface area contributed by atoms with Gasteiger partial charge in [0, 0.05) is 37.2 Å². The normalized spacial score (nSPS) is 11.2. The smallest absolute Gasteiger partial charge is 0.0462 e.